The molecule has 0 heterocycles. The zero-order valence-corrected chi connectivity index (χ0v) is 19.2. The molecule has 0 radical (unpaired) electrons. The Balaban J connectivity index is 1.68. The molecule has 36 heavy (non-hydrogen) atoms. The molecule has 3 aromatic carbocycles. The first-order valence-corrected chi connectivity index (χ1v) is 10.7. The van der Waals surface area contributed by atoms with Gasteiger partial charge in [0.15, 0.2) is 0 Å². The normalized spacial score (nSPS) is 11.0. The molecule has 8 nitrogen and oxygen atoms in total. The van der Waals surface area contributed by atoms with Crippen molar-refractivity contribution in [2.45, 2.75) is 25.9 Å². The number of primary amides is 1. The minimum Gasteiger partial charge on any atom is -0.494 e. The van der Waals surface area contributed by atoms with Crippen molar-refractivity contribution in [2.24, 2.45) is 5.73 Å². The smallest absolute Gasteiger partial charge is 0.416 e. The highest BCUT2D eigenvalue weighted by molar-refractivity contribution is 5.92. The number of aliphatic hydroxyl groups excluding tert-OH is 1. The van der Waals surface area contributed by atoms with Gasteiger partial charge in [-0.05, 0) is 35.9 Å². The van der Waals surface area contributed by atoms with Gasteiger partial charge in [-0.1, -0.05) is 30.3 Å². The lowest BCUT2D eigenvalue weighted by Crippen LogP contribution is -2.29. The molecular formula is C25H24F3N3O5. The molecule has 3 aromatic rings. The van der Waals surface area contributed by atoms with Gasteiger partial charge in [0.2, 0.25) is 5.91 Å². The van der Waals surface area contributed by atoms with Crippen molar-refractivity contribution in [3.63, 3.8) is 0 Å². The van der Waals surface area contributed by atoms with Crippen molar-refractivity contribution in [2.75, 3.05) is 12.4 Å². The van der Waals surface area contributed by atoms with Gasteiger partial charge in [0.1, 0.15) is 18.1 Å². The summed E-state index contributed by atoms with van der Waals surface area (Å²) >= 11 is 0. The number of para-hydroxylation sites is 1. The fraction of sp³-hybridized carbons (Fsp3) is 0.200. The number of urea groups is 1. The summed E-state index contributed by atoms with van der Waals surface area (Å²) in [5.41, 5.74) is 5.62. The van der Waals surface area contributed by atoms with Crippen LogP contribution in [-0.4, -0.2) is 24.2 Å². The third-order valence-corrected chi connectivity index (χ3v) is 5.16. The maximum absolute atomic E-state index is 13.2. The van der Waals surface area contributed by atoms with E-state index >= 15 is 0 Å². The van der Waals surface area contributed by atoms with Gasteiger partial charge in [0, 0.05) is 23.2 Å². The molecule has 0 saturated carbocycles. The maximum atomic E-state index is 13.2. The van der Waals surface area contributed by atoms with Gasteiger partial charge in [-0.2, -0.15) is 13.2 Å². The summed E-state index contributed by atoms with van der Waals surface area (Å²) in [4.78, 5) is 23.7. The molecule has 0 fully saturated rings. The largest absolute Gasteiger partial charge is 0.494 e. The predicted octanol–water partition coefficient (Wildman–Crippen LogP) is 4.21. The first-order chi connectivity index (χ1) is 17.1. The Morgan fingerprint density at radius 3 is 2.33 bits per heavy atom. The minimum absolute atomic E-state index is 0.0107. The van der Waals surface area contributed by atoms with E-state index in [4.69, 9.17) is 15.2 Å². The fourth-order valence-corrected chi connectivity index (χ4v) is 3.36. The van der Waals surface area contributed by atoms with Crippen LogP contribution >= 0.6 is 0 Å². The number of ether oxygens (including phenoxy) is 2. The van der Waals surface area contributed by atoms with E-state index in [1.54, 1.807) is 48.5 Å². The summed E-state index contributed by atoms with van der Waals surface area (Å²) < 4.78 is 50.6. The molecule has 0 saturated heterocycles. The van der Waals surface area contributed by atoms with Crippen LogP contribution in [-0.2, 0) is 25.9 Å². The van der Waals surface area contributed by atoms with Gasteiger partial charge >= 0.3 is 12.2 Å². The van der Waals surface area contributed by atoms with Crippen molar-refractivity contribution >= 4 is 17.6 Å². The van der Waals surface area contributed by atoms with Crippen LogP contribution in [0.3, 0.4) is 0 Å². The van der Waals surface area contributed by atoms with Crippen LogP contribution in [0.2, 0.25) is 0 Å². The lowest BCUT2D eigenvalue weighted by atomic mass is 10.1. The number of alkyl halides is 3. The standard InChI is InChI=1S/C25H24F3N3O5/c1-35-22-18(13-32)10-19(25(26,27)28)11-20(22)31-24(34)30-12-17-4-2-3-5-21(17)36-14-15-6-8-16(9-7-15)23(29)33/h2-11,32H,12-14H2,1H3,(H2,29,33)(H2,30,31,34). The quantitative estimate of drug-likeness (QED) is 0.349. The summed E-state index contributed by atoms with van der Waals surface area (Å²) in [5, 5.41) is 14.4. The number of rotatable bonds is 9. The van der Waals surface area contributed by atoms with Gasteiger partial charge in [-0.3, -0.25) is 4.79 Å². The number of carbonyl (C=O) groups is 2. The average molecular weight is 503 g/mol. The number of aliphatic hydroxyl groups is 1. The number of amides is 3. The third kappa shape index (κ3) is 6.66. The van der Waals surface area contributed by atoms with E-state index in [2.05, 4.69) is 10.6 Å². The molecule has 0 aromatic heterocycles. The van der Waals surface area contributed by atoms with Gasteiger partial charge < -0.3 is 30.9 Å². The second-order valence-electron chi connectivity index (χ2n) is 7.64. The first kappa shape index (κ1) is 26.4. The predicted molar refractivity (Wildman–Crippen MR) is 126 cm³/mol. The first-order valence-electron chi connectivity index (χ1n) is 10.7. The third-order valence-electron chi connectivity index (χ3n) is 5.16. The van der Waals surface area contributed by atoms with Gasteiger partial charge in [-0.15, -0.1) is 0 Å². The van der Waals surface area contributed by atoms with E-state index in [0.717, 1.165) is 17.7 Å². The van der Waals surface area contributed by atoms with Crippen LogP contribution < -0.4 is 25.8 Å². The Labute approximate surface area is 204 Å². The molecule has 11 heteroatoms. The molecule has 190 valence electrons. The molecule has 0 spiro atoms. The van der Waals surface area contributed by atoms with Crippen LogP contribution in [0.15, 0.2) is 60.7 Å². The topological polar surface area (TPSA) is 123 Å². The molecule has 0 unspecified atom stereocenters. The number of methoxy groups -OCH3 is 1. The summed E-state index contributed by atoms with van der Waals surface area (Å²) in [6, 6.07) is 14.2. The van der Waals surface area contributed by atoms with E-state index in [1.807, 2.05) is 0 Å². The number of halogens is 3. The summed E-state index contributed by atoms with van der Waals surface area (Å²) in [7, 11) is 1.22. The van der Waals surface area contributed by atoms with Crippen LogP contribution in [0.25, 0.3) is 0 Å². The highest BCUT2D eigenvalue weighted by Crippen LogP contribution is 2.38. The summed E-state index contributed by atoms with van der Waals surface area (Å²) in [5.74, 6) is -0.129. The summed E-state index contributed by atoms with van der Waals surface area (Å²) in [6.45, 7) is -0.510. The van der Waals surface area contributed by atoms with E-state index in [9.17, 15) is 27.9 Å². The molecule has 0 aliphatic rings. The van der Waals surface area contributed by atoms with Crippen molar-refractivity contribution < 1.29 is 37.3 Å². The lowest BCUT2D eigenvalue weighted by molar-refractivity contribution is -0.137. The Morgan fingerprint density at radius 1 is 1.03 bits per heavy atom. The number of benzene rings is 3. The van der Waals surface area contributed by atoms with E-state index in [0.29, 0.717) is 16.9 Å². The number of hydrogen-bond acceptors (Lipinski definition) is 5. The number of carbonyl (C=O) groups excluding carboxylic acids is 2. The van der Waals surface area contributed by atoms with Crippen molar-refractivity contribution in [3.05, 3.63) is 88.5 Å². The van der Waals surface area contributed by atoms with Crippen LogP contribution in [0.5, 0.6) is 11.5 Å². The summed E-state index contributed by atoms with van der Waals surface area (Å²) in [6.07, 6.45) is -4.68. The fourth-order valence-electron chi connectivity index (χ4n) is 3.36. The molecule has 0 bridgehead atoms. The average Bonchev–Trinajstić information content (AvgIpc) is 2.85. The Morgan fingerprint density at radius 2 is 1.72 bits per heavy atom. The molecule has 0 aliphatic heterocycles. The van der Waals surface area contributed by atoms with Crippen LogP contribution in [0, 0.1) is 0 Å². The molecule has 0 aliphatic carbocycles. The van der Waals surface area contributed by atoms with Crippen LogP contribution in [0.4, 0.5) is 23.7 Å². The number of anilines is 1. The van der Waals surface area contributed by atoms with Gasteiger partial charge in [0.25, 0.3) is 0 Å². The molecular weight excluding hydrogens is 479 g/mol. The monoisotopic (exact) mass is 503 g/mol. The van der Waals surface area contributed by atoms with E-state index in [-0.39, 0.29) is 30.2 Å². The number of hydrogen-bond donors (Lipinski definition) is 4. The second kappa shape index (κ2) is 11.5. The second-order valence-corrected chi connectivity index (χ2v) is 7.64. The van der Waals surface area contributed by atoms with Crippen LogP contribution in [0.1, 0.15) is 32.6 Å². The van der Waals surface area contributed by atoms with E-state index < -0.39 is 30.3 Å². The zero-order valence-electron chi connectivity index (χ0n) is 19.2. The molecule has 3 rings (SSSR count). The van der Waals surface area contributed by atoms with Crippen molar-refractivity contribution in [3.8, 4) is 11.5 Å². The van der Waals surface area contributed by atoms with Crippen molar-refractivity contribution in [1.29, 1.82) is 0 Å². The Kier molecular flexibility index (Phi) is 8.38. The SMILES string of the molecule is COc1c(CO)cc(C(F)(F)F)cc1NC(=O)NCc1ccccc1OCc1ccc(C(N)=O)cc1. The maximum Gasteiger partial charge on any atom is 0.416 e. The zero-order chi connectivity index (χ0) is 26.3. The molecule has 3 amide bonds. The van der Waals surface area contributed by atoms with E-state index in [1.165, 1.54) is 7.11 Å². The Hall–Kier alpha value is -4.25. The number of nitrogens with two attached hydrogens (primary N) is 1. The molecule has 0 atom stereocenters. The van der Waals surface area contributed by atoms with Gasteiger partial charge in [0.05, 0.1) is 25.0 Å². The number of nitrogens with one attached hydrogen (secondary N) is 2. The highest BCUT2D eigenvalue weighted by Gasteiger charge is 2.32. The lowest BCUT2D eigenvalue weighted by Gasteiger charge is -2.17. The highest BCUT2D eigenvalue weighted by atomic mass is 19.4. The minimum atomic E-state index is -4.68. The molecule has 5 N–H and O–H groups in total. The Bertz CT molecular complexity index is 1230. The van der Waals surface area contributed by atoms with Gasteiger partial charge in [-0.25, -0.2) is 4.79 Å². The van der Waals surface area contributed by atoms with Crippen molar-refractivity contribution in [1.82, 2.24) is 5.32 Å².